The third kappa shape index (κ3) is 5.46. The van der Waals surface area contributed by atoms with Crippen molar-refractivity contribution in [3.63, 3.8) is 0 Å². The number of nitrogens with one attached hydrogen (secondary N) is 2. The quantitative estimate of drug-likeness (QED) is 0.531. The maximum atomic E-state index is 12.4. The van der Waals surface area contributed by atoms with Crippen LogP contribution in [0.5, 0.6) is 5.75 Å². The molecule has 1 heterocycles. The summed E-state index contributed by atoms with van der Waals surface area (Å²) >= 11 is 0. The van der Waals surface area contributed by atoms with E-state index in [0.29, 0.717) is 5.76 Å². The number of anilines is 1. The van der Waals surface area contributed by atoms with Crippen molar-refractivity contribution < 1.29 is 28.6 Å². The molecule has 0 radical (unpaired) electrons. The molecule has 3 N–H and O–H groups in total. The SMILES string of the molecule is O=C(COC(=O)c1ccc(O)cc1)Nc1ccccc1C(=O)NCc1ccco1. The fraction of sp³-hybridized carbons (Fsp3) is 0.0952. The van der Waals surface area contributed by atoms with Crippen LogP contribution < -0.4 is 10.6 Å². The molecule has 29 heavy (non-hydrogen) atoms. The molecule has 1 aromatic heterocycles. The van der Waals surface area contributed by atoms with E-state index in [0.717, 1.165) is 0 Å². The molecule has 148 valence electrons. The predicted octanol–water partition coefficient (Wildman–Crippen LogP) is 2.71. The molecule has 3 rings (SSSR count). The number of benzene rings is 2. The highest BCUT2D eigenvalue weighted by molar-refractivity contribution is 6.04. The van der Waals surface area contributed by atoms with Crippen LogP contribution in [0.4, 0.5) is 5.69 Å². The van der Waals surface area contributed by atoms with Crippen LogP contribution in [0.25, 0.3) is 0 Å². The zero-order chi connectivity index (χ0) is 20.6. The summed E-state index contributed by atoms with van der Waals surface area (Å²) in [5, 5.41) is 14.5. The zero-order valence-electron chi connectivity index (χ0n) is 15.3. The van der Waals surface area contributed by atoms with Crippen LogP contribution in [-0.4, -0.2) is 29.5 Å². The Labute approximate surface area is 166 Å². The fourth-order valence-corrected chi connectivity index (χ4v) is 2.46. The van der Waals surface area contributed by atoms with Gasteiger partial charge in [-0.05, 0) is 48.5 Å². The van der Waals surface area contributed by atoms with Gasteiger partial charge in [-0.3, -0.25) is 9.59 Å². The van der Waals surface area contributed by atoms with E-state index in [9.17, 15) is 19.5 Å². The first-order valence-electron chi connectivity index (χ1n) is 8.68. The average Bonchev–Trinajstić information content (AvgIpc) is 3.25. The molecule has 0 atom stereocenters. The summed E-state index contributed by atoms with van der Waals surface area (Å²) < 4.78 is 10.1. The largest absolute Gasteiger partial charge is 0.508 e. The molecule has 3 aromatic rings. The van der Waals surface area contributed by atoms with Crippen LogP contribution in [0.3, 0.4) is 0 Å². The molecule has 0 aliphatic carbocycles. The lowest BCUT2D eigenvalue weighted by Crippen LogP contribution is -2.26. The van der Waals surface area contributed by atoms with E-state index >= 15 is 0 Å². The highest BCUT2D eigenvalue weighted by Gasteiger charge is 2.15. The maximum Gasteiger partial charge on any atom is 0.338 e. The van der Waals surface area contributed by atoms with Crippen molar-refractivity contribution in [1.82, 2.24) is 5.32 Å². The number of carbonyl (C=O) groups is 3. The van der Waals surface area contributed by atoms with Gasteiger partial charge in [0.2, 0.25) is 0 Å². The van der Waals surface area contributed by atoms with E-state index in [1.165, 1.54) is 30.5 Å². The molecule has 0 saturated heterocycles. The third-order valence-electron chi connectivity index (χ3n) is 3.89. The van der Waals surface area contributed by atoms with Crippen LogP contribution in [0.2, 0.25) is 0 Å². The van der Waals surface area contributed by atoms with Gasteiger partial charge in [0.1, 0.15) is 11.5 Å². The number of hydrogen-bond donors (Lipinski definition) is 3. The fourth-order valence-electron chi connectivity index (χ4n) is 2.46. The molecule has 8 heteroatoms. The number of ether oxygens (including phenoxy) is 1. The number of para-hydroxylation sites is 1. The molecule has 0 unspecified atom stereocenters. The lowest BCUT2D eigenvalue weighted by Gasteiger charge is -2.11. The minimum atomic E-state index is -0.704. The zero-order valence-corrected chi connectivity index (χ0v) is 15.3. The van der Waals surface area contributed by atoms with Gasteiger partial charge in [-0.2, -0.15) is 0 Å². The topological polar surface area (TPSA) is 118 Å². The van der Waals surface area contributed by atoms with E-state index in [1.807, 2.05) is 0 Å². The lowest BCUT2D eigenvalue weighted by molar-refractivity contribution is -0.119. The van der Waals surface area contributed by atoms with Crippen molar-refractivity contribution in [2.45, 2.75) is 6.54 Å². The number of carbonyl (C=O) groups excluding carboxylic acids is 3. The Bertz CT molecular complexity index is 996. The van der Waals surface area contributed by atoms with Gasteiger partial charge in [0, 0.05) is 0 Å². The molecule has 8 nitrogen and oxygen atoms in total. The van der Waals surface area contributed by atoms with Gasteiger partial charge in [0.15, 0.2) is 6.61 Å². The number of phenols is 1. The Balaban J connectivity index is 1.56. The summed E-state index contributed by atoms with van der Waals surface area (Å²) in [7, 11) is 0. The second-order valence-electron chi connectivity index (χ2n) is 5.98. The highest BCUT2D eigenvalue weighted by atomic mass is 16.5. The Morgan fingerprint density at radius 2 is 1.72 bits per heavy atom. The van der Waals surface area contributed by atoms with Crippen molar-refractivity contribution in [1.29, 1.82) is 0 Å². The Hall–Kier alpha value is -4.07. The first kappa shape index (κ1) is 19.7. The minimum absolute atomic E-state index is 0.0150. The van der Waals surface area contributed by atoms with Crippen LogP contribution in [0.1, 0.15) is 26.5 Å². The van der Waals surface area contributed by atoms with Gasteiger partial charge in [-0.1, -0.05) is 12.1 Å². The molecule has 0 aliphatic rings. The molecular weight excluding hydrogens is 376 g/mol. The van der Waals surface area contributed by atoms with Gasteiger partial charge in [0.25, 0.3) is 11.8 Å². The van der Waals surface area contributed by atoms with Crippen molar-refractivity contribution >= 4 is 23.5 Å². The number of hydrogen-bond acceptors (Lipinski definition) is 6. The lowest BCUT2D eigenvalue weighted by atomic mass is 10.1. The van der Waals surface area contributed by atoms with Crippen molar-refractivity contribution in [3.05, 3.63) is 83.8 Å². The van der Waals surface area contributed by atoms with Crippen LogP contribution in [-0.2, 0) is 16.1 Å². The first-order valence-corrected chi connectivity index (χ1v) is 8.68. The molecule has 0 saturated carbocycles. The number of amides is 2. The van der Waals surface area contributed by atoms with Crippen LogP contribution in [0, 0.1) is 0 Å². The normalized spacial score (nSPS) is 10.2. The molecule has 0 fully saturated rings. The van der Waals surface area contributed by atoms with Crippen LogP contribution in [0.15, 0.2) is 71.3 Å². The highest BCUT2D eigenvalue weighted by Crippen LogP contribution is 2.16. The minimum Gasteiger partial charge on any atom is -0.508 e. The third-order valence-corrected chi connectivity index (χ3v) is 3.89. The second-order valence-corrected chi connectivity index (χ2v) is 5.98. The van der Waals surface area contributed by atoms with E-state index in [2.05, 4.69) is 10.6 Å². The number of esters is 1. The second kappa shape index (κ2) is 9.23. The van der Waals surface area contributed by atoms with Gasteiger partial charge in [-0.15, -0.1) is 0 Å². The molecular formula is C21H18N2O6. The number of rotatable bonds is 7. The average molecular weight is 394 g/mol. The summed E-state index contributed by atoms with van der Waals surface area (Å²) in [6.45, 7) is -0.319. The van der Waals surface area contributed by atoms with E-state index in [-0.39, 0.29) is 29.1 Å². The van der Waals surface area contributed by atoms with E-state index < -0.39 is 24.4 Å². The van der Waals surface area contributed by atoms with Gasteiger partial charge >= 0.3 is 5.97 Å². The Morgan fingerprint density at radius 1 is 0.966 bits per heavy atom. The van der Waals surface area contributed by atoms with Crippen LogP contribution >= 0.6 is 0 Å². The Kier molecular flexibility index (Phi) is 6.26. The van der Waals surface area contributed by atoms with E-state index in [4.69, 9.17) is 9.15 Å². The van der Waals surface area contributed by atoms with Crippen molar-refractivity contribution in [3.8, 4) is 5.75 Å². The Morgan fingerprint density at radius 3 is 2.45 bits per heavy atom. The van der Waals surface area contributed by atoms with Crippen molar-refractivity contribution in [2.24, 2.45) is 0 Å². The summed E-state index contributed by atoms with van der Waals surface area (Å²) in [6.07, 6.45) is 1.51. The number of aromatic hydroxyl groups is 1. The van der Waals surface area contributed by atoms with Gasteiger partial charge < -0.3 is 24.9 Å². The molecule has 0 bridgehead atoms. The first-order chi connectivity index (χ1) is 14.0. The smallest absolute Gasteiger partial charge is 0.338 e. The molecule has 2 aromatic carbocycles. The maximum absolute atomic E-state index is 12.4. The standard InChI is InChI=1S/C21H18N2O6/c24-15-9-7-14(8-10-15)21(27)29-13-19(25)23-18-6-2-1-5-17(18)20(26)22-12-16-4-3-11-28-16/h1-11,24H,12-13H2,(H,22,26)(H,23,25). The van der Waals surface area contributed by atoms with E-state index in [1.54, 1.807) is 36.4 Å². The van der Waals surface area contributed by atoms with Crippen molar-refractivity contribution in [2.75, 3.05) is 11.9 Å². The monoisotopic (exact) mass is 394 g/mol. The van der Waals surface area contributed by atoms with Gasteiger partial charge in [0.05, 0.1) is 29.6 Å². The molecule has 0 aliphatic heterocycles. The summed E-state index contributed by atoms with van der Waals surface area (Å²) in [4.78, 5) is 36.5. The number of phenolic OH excluding ortho intramolecular Hbond substituents is 1. The molecule has 2 amide bonds. The summed E-state index contributed by atoms with van der Waals surface area (Å²) in [5.74, 6) is -1.08. The predicted molar refractivity (Wildman–Crippen MR) is 103 cm³/mol. The van der Waals surface area contributed by atoms with Gasteiger partial charge in [-0.25, -0.2) is 4.79 Å². The number of furan rings is 1. The molecule has 0 spiro atoms. The summed E-state index contributed by atoms with van der Waals surface area (Å²) in [5.41, 5.74) is 0.751. The summed E-state index contributed by atoms with van der Waals surface area (Å²) in [6, 6.07) is 15.4.